The fraction of sp³-hybridized carbons (Fsp3) is 0.222. The molecule has 2 unspecified atom stereocenters. The Morgan fingerprint density at radius 3 is 2.42 bits per heavy atom. The molecule has 7 nitrogen and oxygen atoms in total. The van der Waals surface area contributed by atoms with Gasteiger partial charge in [-0.05, 0) is 37.6 Å². The predicted octanol–water partition coefficient (Wildman–Crippen LogP) is 3.24. The molecule has 0 heterocycles. The van der Waals surface area contributed by atoms with Crippen molar-refractivity contribution in [3.05, 3.63) is 74.8 Å². The van der Waals surface area contributed by atoms with Gasteiger partial charge in [0.25, 0.3) is 11.6 Å². The summed E-state index contributed by atoms with van der Waals surface area (Å²) in [4.78, 5) is 34.7. The lowest BCUT2D eigenvalue weighted by atomic mass is 10.1. The Kier molecular flexibility index (Phi) is 6.30. The lowest BCUT2D eigenvalue weighted by Gasteiger charge is -2.19. The van der Waals surface area contributed by atoms with E-state index >= 15 is 0 Å². The highest BCUT2D eigenvalue weighted by atomic mass is 35.5. The number of amides is 2. The quantitative estimate of drug-likeness (QED) is 0.597. The van der Waals surface area contributed by atoms with Crippen molar-refractivity contribution >= 4 is 29.1 Å². The molecule has 26 heavy (non-hydrogen) atoms. The summed E-state index contributed by atoms with van der Waals surface area (Å²) in [5.74, 6) is -0.942. The van der Waals surface area contributed by atoms with E-state index < -0.39 is 16.9 Å². The molecule has 0 aliphatic heterocycles. The molecular weight excluding hydrogens is 358 g/mol. The van der Waals surface area contributed by atoms with Gasteiger partial charge in [0.1, 0.15) is 6.04 Å². The first-order valence-electron chi connectivity index (χ1n) is 7.89. The molecule has 0 fully saturated rings. The fourth-order valence-electron chi connectivity index (χ4n) is 2.30. The largest absolute Gasteiger partial charge is 0.348 e. The Hall–Kier alpha value is -2.93. The van der Waals surface area contributed by atoms with Crippen LogP contribution in [0.4, 0.5) is 5.69 Å². The van der Waals surface area contributed by atoms with E-state index in [-0.39, 0.29) is 23.2 Å². The molecule has 0 saturated heterocycles. The van der Waals surface area contributed by atoms with Crippen LogP contribution in [0.3, 0.4) is 0 Å². The van der Waals surface area contributed by atoms with Gasteiger partial charge >= 0.3 is 0 Å². The third-order valence-corrected chi connectivity index (χ3v) is 4.00. The molecule has 2 aromatic rings. The zero-order chi connectivity index (χ0) is 19.3. The molecule has 2 amide bonds. The number of halogens is 1. The molecule has 0 spiro atoms. The zero-order valence-electron chi connectivity index (χ0n) is 14.2. The number of hydrogen-bond donors (Lipinski definition) is 2. The first-order valence-corrected chi connectivity index (χ1v) is 8.27. The Balaban J connectivity index is 1.99. The van der Waals surface area contributed by atoms with Gasteiger partial charge in [0.2, 0.25) is 5.91 Å². The van der Waals surface area contributed by atoms with Gasteiger partial charge in [-0.1, -0.05) is 29.8 Å². The second-order valence-corrected chi connectivity index (χ2v) is 6.22. The lowest BCUT2D eigenvalue weighted by Crippen LogP contribution is -2.45. The number of nitrogens with one attached hydrogen (secondary N) is 2. The van der Waals surface area contributed by atoms with E-state index in [9.17, 15) is 19.7 Å². The smallest absolute Gasteiger partial charge is 0.270 e. The number of non-ortho nitro benzene ring substituents is 1. The molecule has 0 aliphatic carbocycles. The summed E-state index contributed by atoms with van der Waals surface area (Å²) in [7, 11) is 0. The van der Waals surface area contributed by atoms with Crippen molar-refractivity contribution in [1.82, 2.24) is 10.6 Å². The molecule has 0 saturated carbocycles. The summed E-state index contributed by atoms with van der Waals surface area (Å²) in [5, 5.41) is 16.7. The van der Waals surface area contributed by atoms with Crippen molar-refractivity contribution in [3.8, 4) is 0 Å². The summed E-state index contributed by atoms with van der Waals surface area (Å²) in [6.45, 7) is 3.34. The highest BCUT2D eigenvalue weighted by Gasteiger charge is 2.20. The van der Waals surface area contributed by atoms with E-state index in [1.807, 2.05) is 6.07 Å². The van der Waals surface area contributed by atoms with Crippen LogP contribution in [-0.4, -0.2) is 22.8 Å². The van der Waals surface area contributed by atoms with Crippen LogP contribution in [-0.2, 0) is 4.79 Å². The number of carbonyl (C=O) groups is 2. The Morgan fingerprint density at radius 2 is 1.77 bits per heavy atom. The van der Waals surface area contributed by atoms with Crippen molar-refractivity contribution in [2.24, 2.45) is 0 Å². The SMILES string of the molecule is CC(NC(=O)c1cccc([N+](=O)[O-])c1)C(=O)NC(C)c1cccc(Cl)c1. The van der Waals surface area contributed by atoms with Crippen molar-refractivity contribution in [2.75, 3.05) is 0 Å². The van der Waals surface area contributed by atoms with Crippen LogP contribution in [0.5, 0.6) is 0 Å². The van der Waals surface area contributed by atoms with E-state index in [1.54, 1.807) is 25.1 Å². The number of nitrogens with zero attached hydrogens (tertiary/aromatic N) is 1. The van der Waals surface area contributed by atoms with Gasteiger partial charge in [-0.2, -0.15) is 0 Å². The summed E-state index contributed by atoms with van der Waals surface area (Å²) >= 11 is 5.94. The Labute approximate surface area is 155 Å². The third-order valence-electron chi connectivity index (χ3n) is 3.77. The molecular formula is C18H18ClN3O4. The Bertz CT molecular complexity index is 841. The van der Waals surface area contributed by atoms with Crippen LogP contribution in [0, 0.1) is 10.1 Å². The highest BCUT2D eigenvalue weighted by Crippen LogP contribution is 2.17. The maximum atomic E-state index is 12.3. The predicted molar refractivity (Wildman–Crippen MR) is 98.0 cm³/mol. The number of nitro benzene ring substituents is 1. The van der Waals surface area contributed by atoms with E-state index in [0.717, 1.165) is 11.6 Å². The average Bonchev–Trinajstić information content (AvgIpc) is 2.61. The second-order valence-electron chi connectivity index (χ2n) is 5.79. The van der Waals surface area contributed by atoms with Crippen LogP contribution < -0.4 is 10.6 Å². The molecule has 136 valence electrons. The average molecular weight is 376 g/mol. The minimum Gasteiger partial charge on any atom is -0.348 e. The number of hydrogen-bond acceptors (Lipinski definition) is 4. The molecule has 2 rings (SSSR count). The van der Waals surface area contributed by atoms with Crippen LogP contribution in [0.25, 0.3) is 0 Å². The van der Waals surface area contributed by atoms with Gasteiger partial charge in [-0.3, -0.25) is 19.7 Å². The number of benzene rings is 2. The van der Waals surface area contributed by atoms with Crippen molar-refractivity contribution in [3.63, 3.8) is 0 Å². The van der Waals surface area contributed by atoms with Gasteiger partial charge in [-0.25, -0.2) is 0 Å². The normalized spacial score (nSPS) is 12.7. The maximum absolute atomic E-state index is 12.3. The van der Waals surface area contributed by atoms with E-state index in [4.69, 9.17) is 11.6 Å². The molecule has 0 aliphatic rings. The maximum Gasteiger partial charge on any atom is 0.270 e. The fourth-order valence-corrected chi connectivity index (χ4v) is 2.50. The zero-order valence-corrected chi connectivity index (χ0v) is 15.0. The van der Waals surface area contributed by atoms with Crippen LogP contribution in [0.15, 0.2) is 48.5 Å². The first-order chi connectivity index (χ1) is 12.3. The number of nitro groups is 1. The van der Waals surface area contributed by atoms with Gasteiger partial charge in [0.15, 0.2) is 0 Å². The van der Waals surface area contributed by atoms with Crippen molar-refractivity contribution < 1.29 is 14.5 Å². The summed E-state index contributed by atoms with van der Waals surface area (Å²) in [6.07, 6.45) is 0. The van der Waals surface area contributed by atoms with Crippen LogP contribution in [0.1, 0.15) is 35.8 Å². The summed E-state index contributed by atoms with van der Waals surface area (Å²) in [5.41, 5.74) is 0.758. The van der Waals surface area contributed by atoms with E-state index in [1.165, 1.54) is 25.1 Å². The number of carbonyl (C=O) groups excluding carboxylic acids is 2. The number of rotatable bonds is 6. The van der Waals surface area contributed by atoms with E-state index in [2.05, 4.69) is 10.6 Å². The third kappa shape index (κ3) is 5.03. The van der Waals surface area contributed by atoms with Crippen LogP contribution in [0.2, 0.25) is 5.02 Å². The minimum absolute atomic E-state index is 0.113. The second kappa shape index (κ2) is 8.44. The van der Waals surface area contributed by atoms with Gasteiger partial charge in [0, 0.05) is 22.7 Å². The van der Waals surface area contributed by atoms with E-state index in [0.29, 0.717) is 5.02 Å². The first kappa shape index (κ1) is 19.4. The van der Waals surface area contributed by atoms with Crippen molar-refractivity contribution in [1.29, 1.82) is 0 Å². The topological polar surface area (TPSA) is 101 Å². The molecule has 2 N–H and O–H groups in total. The molecule has 2 aromatic carbocycles. The highest BCUT2D eigenvalue weighted by molar-refractivity contribution is 6.30. The molecule has 8 heteroatoms. The Morgan fingerprint density at radius 1 is 1.08 bits per heavy atom. The van der Waals surface area contributed by atoms with Gasteiger partial charge in [-0.15, -0.1) is 0 Å². The summed E-state index contributed by atoms with van der Waals surface area (Å²) < 4.78 is 0. The van der Waals surface area contributed by atoms with Gasteiger partial charge in [0.05, 0.1) is 11.0 Å². The minimum atomic E-state index is -0.816. The van der Waals surface area contributed by atoms with Crippen LogP contribution >= 0.6 is 11.6 Å². The van der Waals surface area contributed by atoms with Gasteiger partial charge < -0.3 is 10.6 Å². The lowest BCUT2D eigenvalue weighted by molar-refractivity contribution is -0.384. The standard InChI is InChI=1S/C18H18ClN3O4/c1-11(13-5-3-7-15(19)9-13)20-17(23)12(2)21-18(24)14-6-4-8-16(10-14)22(25)26/h3-12H,1-2H3,(H,20,23)(H,21,24). The molecule has 2 atom stereocenters. The molecule has 0 bridgehead atoms. The monoisotopic (exact) mass is 375 g/mol. The van der Waals surface area contributed by atoms with Crippen molar-refractivity contribution in [2.45, 2.75) is 25.9 Å². The molecule has 0 aromatic heterocycles. The molecule has 0 radical (unpaired) electrons. The summed E-state index contributed by atoms with van der Waals surface area (Å²) in [6, 6.07) is 11.3.